The lowest BCUT2D eigenvalue weighted by atomic mass is 9.94. The third-order valence-electron chi connectivity index (χ3n) is 3.11. The summed E-state index contributed by atoms with van der Waals surface area (Å²) in [6.45, 7) is 8.60. The third-order valence-corrected chi connectivity index (χ3v) is 3.11. The van der Waals surface area contributed by atoms with Crippen molar-refractivity contribution in [2.45, 2.75) is 34.1 Å². The fourth-order valence-electron chi connectivity index (χ4n) is 1.59. The Morgan fingerprint density at radius 3 is 2.53 bits per heavy atom. The van der Waals surface area contributed by atoms with E-state index in [1.54, 1.807) is 0 Å². The monoisotopic (exact) mass is 264 g/mol. The average Bonchev–Trinajstić information content (AvgIpc) is 2.39. The summed E-state index contributed by atoms with van der Waals surface area (Å²) in [6, 6.07) is 5.78. The van der Waals surface area contributed by atoms with Crippen LogP contribution in [-0.4, -0.2) is 24.2 Å². The molecule has 0 heterocycles. The van der Waals surface area contributed by atoms with Crippen molar-refractivity contribution in [2.75, 3.05) is 23.8 Å². The van der Waals surface area contributed by atoms with Gasteiger partial charge in [0, 0.05) is 36.4 Å². The number of hydrogen-bond donors (Lipinski definition) is 3. The Balaban J connectivity index is 2.80. The molecule has 0 aromatic heterocycles. The zero-order valence-electron chi connectivity index (χ0n) is 12.2. The number of anilines is 2. The molecule has 1 aromatic carbocycles. The predicted octanol–water partition coefficient (Wildman–Crippen LogP) is 2.77. The van der Waals surface area contributed by atoms with Crippen LogP contribution in [0.1, 0.15) is 32.8 Å². The molecule has 1 amide bonds. The van der Waals surface area contributed by atoms with E-state index in [0.717, 1.165) is 16.9 Å². The van der Waals surface area contributed by atoms with E-state index in [0.29, 0.717) is 13.0 Å². The second-order valence-electron chi connectivity index (χ2n) is 5.56. The molecule has 0 aliphatic rings. The van der Waals surface area contributed by atoms with Crippen molar-refractivity contribution in [1.29, 1.82) is 0 Å². The van der Waals surface area contributed by atoms with Crippen molar-refractivity contribution >= 4 is 17.3 Å². The van der Waals surface area contributed by atoms with Gasteiger partial charge in [0.15, 0.2) is 0 Å². The van der Waals surface area contributed by atoms with E-state index in [1.165, 1.54) is 0 Å². The SMILES string of the molecule is CCC(=O)Nc1cccc(NCC(C)(C)CO)c1C. The lowest BCUT2D eigenvalue weighted by Gasteiger charge is -2.23. The minimum absolute atomic E-state index is 0.0101. The van der Waals surface area contributed by atoms with Crippen LogP contribution in [0.5, 0.6) is 0 Å². The van der Waals surface area contributed by atoms with Crippen molar-refractivity contribution < 1.29 is 9.90 Å². The van der Waals surface area contributed by atoms with Crippen LogP contribution in [-0.2, 0) is 4.79 Å². The fourth-order valence-corrected chi connectivity index (χ4v) is 1.59. The summed E-state index contributed by atoms with van der Waals surface area (Å²) in [6.07, 6.45) is 0.467. The molecule has 0 saturated carbocycles. The highest BCUT2D eigenvalue weighted by atomic mass is 16.3. The van der Waals surface area contributed by atoms with Gasteiger partial charge in [0.2, 0.25) is 5.91 Å². The Labute approximate surface area is 115 Å². The number of nitrogens with one attached hydrogen (secondary N) is 2. The van der Waals surface area contributed by atoms with Gasteiger partial charge in [-0.3, -0.25) is 4.79 Å². The highest BCUT2D eigenvalue weighted by molar-refractivity contribution is 5.92. The van der Waals surface area contributed by atoms with Gasteiger partial charge in [-0.15, -0.1) is 0 Å². The fraction of sp³-hybridized carbons (Fsp3) is 0.533. The molecular weight excluding hydrogens is 240 g/mol. The number of rotatable bonds is 6. The second kappa shape index (κ2) is 6.57. The van der Waals surface area contributed by atoms with Gasteiger partial charge < -0.3 is 15.7 Å². The smallest absolute Gasteiger partial charge is 0.224 e. The Hall–Kier alpha value is -1.55. The summed E-state index contributed by atoms with van der Waals surface area (Å²) in [7, 11) is 0. The van der Waals surface area contributed by atoms with Gasteiger partial charge in [-0.1, -0.05) is 26.8 Å². The van der Waals surface area contributed by atoms with E-state index in [-0.39, 0.29) is 17.9 Å². The maximum atomic E-state index is 11.4. The molecule has 0 aliphatic carbocycles. The van der Waals surface area contributed by atoms with Gasteiger partial charge in [0.05, 0.1) is 0 Å². The lowest BCUT2D eigenvalue weighted by molar-refractivity contribution is -0.115. The Morgan fingerprint density at radius 2 is 1.95 bits per heavy atom. The minimum atomic E-state index is -0.172. The molecule has 1 rings (SSSR count). The molecule has 4 heteroatoms. The number of hydrogen-bond acceptors (Lipinski definition) is 3. The van der Waals surface area contributed by atoms with Crippen molar-refractivity contribution in [1.82, 2.24) is 0 Å². The molecular formula is C15H24N2O2. The number of aliphatic hydroxyl groups excluding tert-OH is 1. The van der Waals surface area contributed by atoms with Crippen molar-refractivity contribution in [3.05, 3.63) is 23.8 Å². The van der Waals surface area contributed by atoms with Crippen LogP contribution < -0.4 is 10.6 Å². The molecule has 106 valence electrons. The van der Waals surface area contributed by atoms with Crippen molar-refractivity contribution in [3.8, 4) is 0 Å². The summed E-state index contributed by atoms with van der Waals surface area (Å²) < 4.78 is 0. The third kappa shape index (κ3) is 4.56. The summed E-state index contributed by atoms with van der Waals surface area (Å²) in [4.78, 5) is 11.4. The molecule has 0 radical (unpaired) electrons. The van der Waals surface area contributed by atoms with E-state index < -0.39 is 0 Å². The Bertz CT molecular complexity index is 442. The van der Waals surface area contributed by atoms with Crippen LogP contribution in [0.2, 0.25) is 0 Å². The molecule has 3 N–H and O–H groups in total. The zero-order chi connectivity index (χ0) is 14.5. The standard InChI is InChI=1S/C15H24N2O2/c1-5-14(19)17-13-8-6-7-12(11(13)2)16-9-15(3,4)10-18/h6-8,16,18H,5,9-10H2,1-4H3,(H,17,19). The number of carbonyl (C=O) groups excluding carboxylic acids is 1. The van der Waals surface area contributed by atoms with E-state index in [9.17, 15) is 9.90 Å². The molecule has 0 saturated heterocycles. The zero-order valence-corrected chi connectivity index (χ0v) is 12.2. The number of carbonyl (C=O) groups is 1. The molecule has 0 bridgehead atoms. The Kier molecular flexibility index (Phi) is 5.36. The van der Waals surface area contributed by atoms with Crippen molar-refractivity contribution in [2.24, 2.45) is 5.41 Å². The normalized spacial score (nSPS) is 11.2. The maximum absolute atomic E-state index is 11.4. The highest BCUT2D eigenvalue weighted by Gasteiger charge is 2.16. The number of amides is 1. The first-order valence-corrected chi connectivity index (χ1v) is 6.64. The van der Waals surface area contributed by atoms with E-state index >= 15 is 0 Å². The van der Waals surface area contributed by atoms with Crippen LogP contribution in [0, 0.1) is 12.3 Å². The number of benzene rings is 1. The topological polar surface area (TPSA) is 61.4 Å². The van der Waals surface area contributed by atoms with Crippen LogP contribution in [0.15, 0.2) is 18.2 Å². The predicted molar refractivity (Wildman–Crippen MR) is 79.5 cm³/mol. The average molecular weight is 264 g/mol. The summed E-state index contributed by atoms with van der Waals surface area (Å²) in [5.74, 6) is 0.0101. The second-order valence-corrected chi connectivity index (χ2v) is 5.56. The summed E-state index contributed by atoms with van der Waals surface area (Å²) >= 11 is 0. The molecule has 0 atom stereocenters. The van der Waals surface area contributed by atoms with Gasteiger partial charge >= 0.3 is 0 Å². The summed E-state index contributed by atoms with van der Waals surface area (Å²) in [5, 5.41) is 15.5. The first-order chi connectivity index (χ1) is 8.89. The van der Waals surface area contributed by atoms with E-state index in [2.05, 4.69) is 10.6 Å². The van der Waals surface area contributed by atoms with Crippen LogP contribution in [0.3, 0.4) is 0 Å². The van der Waals surface area contributed by atoms with Crippen LogP contribution >= 0.6 is 0 Å². The van der Waals surface area contributed by atoms with Gasteiger partial charge in [0.25, 0.3) is 0 Å². The molecule has 1 aromatic rings. The first-order valence-electron chi connectivity index (χ1n) is 6.64. The molecule has 4 nitrogen and oxygen atoms in total. The quantitative estimate of drug-likeness (QED) is 0.740. The largest absolute Gasteiger partial charge is 0.396 e. The van der Waals surface area contributed by atoms with Crippen LogP contribution in [0.25, 0.3) is 0 Å². The van der Waals surface area contributed by atoms with Gasteiger partial charge in [0.1, 0.15) is 0 Å². The van der Waals surface area contributed by atoms with Gasteiger partial charge in [-0.05, 0) is 24.6 Å². The highest BCUT2D eigenvalue weighted by Crippen LogP contribution is 2.25. The van der Waals surface area contributed by atoms with Crippen LogP contribution in [0.4, 0.5) is 11.4 Å². The number of aliphatic hydroxyl groups is 1. The summed E-state index contributed by atoms with van der Waals surface area (Å²) in [5.41, 5.74) is 2.65. The Morgan fingerprint density at radius 1 is 1.32 bits per heavy atom. The molecule has 0 unspecified atom stereocenters. The molecule has 19 heavy (non-hydrogen) atoms. The first kappa shape index (κ1) is 15.5. The lowest BCUT2D eigenvalue weighted by Crippen LogP contribution is -2.27. The minimum Gasteiger partial charge on any atom is -0.396 e. The van der Waals surface area contributed by atoms with Crippen molar-refractivity contribution in [3.63, 3.8) is 0 Å². The molecule has 0 aliphatic heterocycles. The van der Waals surface area contributed by atoms with Gasteiger partial charge in [-0.25, -0.2) is 0 Å². The molecule has 0 fully saturated rings. The molecule has 0 spiro atoms. The maximum Gasteiger partial charge on any atom is 0.224 e. The van der Waals surface area contributed by atoms with Gasteiger partial charge in [-0.2, -0.15) is 0 Å². The van der Waals surface area contributed by atoms with E-state index in [4.69, 9.17) is 0 Å². The van der Waals surface area contributed by atoms with E-state index in [1.807, 2.05) is 45.9 Å².